The summed E-state index contributed by atoms with van der Waals surface area (Å²) >= 11 is 0. The van der Waals surface area contributed by atoms with Crippen LogP contribution >= 0.6 is 0 Å². The van der Waals surface area contributed by atoms with Gasteiger partial charge in [0.05, 0.1) is 9.85 Å². The van der Waals surface area contributed by atoms with Gasteiger partial charge in [-0.2, -0.15) is 5.53 Å². The van der Waals surface area contributed by atoms with E-state index in [1.54, 1.807) is 13.8 Å². The number of nitro benzene ring substituents is 2. The van der Waals surface area contributed by atoms with Crippen molar-refractivity contribution in [2.45, 2.75) is 53.0 Å². The van der Waals surface area contributed by atoms with E-state index in [0.29, 0.717) is 11.1 Å². The van der Waals surface area contributed by atoms with Crippen LogP contribution in [0.25, 0.3) is 0 Å². The minimum atomic E-state index is -0.579. The van der Waals surface area contributed by atoms with Crippen LogP contribution < -0.4 is 21.7 Å². The predicted molar refractivity (Wildman–Crippen MR) is 101 cm³/mol. The summed E-state index contributed by atoms with van der Waals surface area (Å²) in [6.45, 7) is 9.26. The quantitative estimate of drug-likeness (QED) is 0.445. The molecule has 0 radical (unpaired) electrons. The van der Waals surface area contributed by atoms with Crippen molar-refractivity contribution in [3.8, 4) is 0 Å². The smallest absolute Gasteiger partial charge is 0.302 e. The molecule has 0 saturated carbocycles. The second-order valence-corrected chi connectivity index (χ2v) is 6.07. The molecule has 10 heteroatoms. The van der Waals surface area contributed by atoms with Crippen LogP contribution in [0.15, 0.2) is 6.07 Å². The molecule has 0 bridgehead atoms. The van der Waals surface area contributed by atoms with Gasteiger partial charge in [0.2, 0.25) is 0 Å². The number of nitrogens with zero attached hydrogens (tertiary/aromatic N) is 2. The van der Waals surface area contributed by atoms with Gasteiger partial charge in [0.1, 0.15) is 0 Å². The molecule has 0 atom stereocenters. The van der Waals surface area contributed by atoms with E-state index < -0.39 is 9.85 Å². The molecule has 0 unspecified atom stereocenters. The molecule has 1 aliphatic rings. The summed E-state index contributed by atoms with van der Waals surface area (Å²) in [6.07, 6.45) is 2.68. The maximum atomic E-state index is 11.3. The number of rotatable bonds is 6. The summed E-state index contributed by atoms with van der Waals surface area (Å²) in [5, 5.41) is 25.4. The van der Waals surface area contributed by atoms with Crippen molar-refractivity contribution in [1.82, 2.24) is 16.4 Å². The van der Waals surface area contributed by atoms with Crippen LogP contribution in [0, 0.1) is 34.1 Å². The van der Waals surface area contributed by atoms with Gasteiger partial charge in [-0.15, -0.1) is 0 Å². The number of nitrogens with one attached hydrogen (secondary N) is 4. The summed E-state index contributed by atoms with van der Waals surface area (Å²) in [4.78, 5) is 21.3. The molecule has 1 aromatic rings. The maximum absolute atomic E-state index is 11.3. The number of hydrogen-bond acceptors (Lipinski definition) is 8. The third-order valence-electron chi connectivity index (χ3n) is 4.29. The van der Waals surface area contributed by atoms with E-state index in [4.69, 9.17) is 0 Å². The molecule has 1 heterocycles. The highest BCUT2D eigenvalue weighted by Gasteiger charge is 2.30. The Hall–Kier alpha value is -2.30. The van der Waals surface area contributed by atoms with Gasteiger partial charge >= 0.3 is 5.69 Å². The molecule has 4 N–H and O–H groups in total. The van der Waals surface area contributed by atoms with Crippen LogP contribution in [-0.2, 0) is 0 Å². The van der Waals surface area contributed by atoms with E-state index in [0.717, 1.165) is 25.9 Å². The Bertz CT molecular complexity index is 618. The number of hydrazine groups is 2. The van der Waals surface area contributed by atoms with Gasteiger partial charge in [-0.3, -0.25) is 20.2 Å². The Balaban J connectivity index is 0.000000472. The first-order chi connectivity index (χ1) is 12.3. The highest BCUT2D eigenvalue weighted by molar-refractivity contribution is 5.78. The van der Waals surface area contributed by atoms with Gasteiger partial charge in [-0.1, -0.05) is 13.8 Å². The van der Waals surface area contributed by atoms with Crippen LogP contribution in [0.4, 0.5) is 17.1 Å². The summed E-state index contributed by atoms with van der Waals surface area (Å²) in [6, 6.07) is 1.35. The molecule has 1 aliphatic heterocycles. The average Bonchev–Trinajstić information content (AvgIpc) is 2.63. The zero-order valence-corrected chi connectivity index (χ0v) is 15.7. The molecule has 0 aromatic heterocycles. The van der Waals surface area contributed by atoms with Crippen molar-refractivity contribution in [2.75, 3.05) is 18.4 Å². The number of nitro groups is 2. The monoisotopic (exact) mass is 368 g/mol. The third kappa shape index (κ3) is 5.90. The van der Waals surface area contributed by atoms with Gasteiger partial charge in [0.15, 0.2) is 5.69 Å². The molecular formula is C16H28N6O4. The lowest BCUT2D eigenvalue weighted by atomic mass is 10.0. The minimum Gasteiger partial charge on any atom is -0.371 e. The van der Waals surface area contributed by atoms with Gasteiger partial charge in [-0.25, -0.2) is 10.9 Å². The average molecular weight is 368 g/mol. The lowest BCUT2D eigenvalue weighted by Gasteiger charge is -2.17. The molecule has 1 fully saturated rings. The molecule has 0 aliphatic carbocycles. The highest BCUT2D eigenvalue weighted by atomic mass is 16.6. The van der Waals surface area contributed by atoms with Gasteiger partial charge < -0.3 is 5.32 Å². The number of hydrogen-bond donors (Lipinski definition) is 4. The fraction of sp³-hybridized carbons (Fsp3) is 0.625. The van der Waals surface area contributed by atoms with Crippen molar-refractivity contribution in [3.63, 3.8) is 0 Å². The van der Waals surface area contributed by atoms with E-state index >= 15 is 0 Å². The van der Waals surface area contributed by atoms with Crippen molar-refractivity contribution in [1.29, 1.82) is 0 Å². The SMILES string of the molecule is C1CNNNC1.CCC(CC)Nc1c([N+](=O)[O-])cc(C)c(C)c1[N+](=O)[O-]. The number of anilines is 1. The van der Waals surface area contributed by atoms with E-state index in [1.165, 1.54) is 12.5 Å². The zero-order chi connectivity index (χ0) is 19.7. The third-order valence-corrected chi connectivity index (χ3v) is 4.29. The van der Waals surface area contributed by atoms with Crippen molar-refractivity contribution < 1.29 is 9.85 Å². The van der Waals surface area contributed by atoms with Crippen LogP contribution in [0.1, 0.15) is 44.2 Å². The molecule has 10 nitrogen and oxygen atoms in total. The standard InChI is InChI=1S/C13H19N3O4.C3H9N3/c1-5-10(6-2)14-12-11(15(17)18)7-8(3)9(4)13(12)16(19)20;1-2-4-6-5-3-1/h7,10,14H,5-6H2,1-4H3;4-6H,1-3H2. The Kier molecular flexibility index (Phi) is 8.90. The molecule has 2 rings (SSSR count). The molecule has 0 spiro atoms. The van der Waals surface area contributed by atoms with Gasteiger partial charge in [0, 0.05) is 30.8 Å². The second-order valence-electron chi connectivity index (χ2n) is 6.07. The number of benzene rings is 1. The Morgan fingerprint density at radius 2 is 1.69 bits per heavy atom. The van der Waals surface area contributed by atoms with Gasteiger partial charge in [-0.05, 0) is 38.7 Å². The van der Waals surface area contributed by atoms with E-state index in [9.17, 15) is 20.2 Å². The fourth-order valence-electron chi connectivity index (χ4n) is 2.55. The summed E-state index contributed by atoms with van der Waals surface area (Å²) < 4.78 is 0. The first-order valence-electron chi connectivity index (χ1n) is 8.73. The second kappa shape index (κ2) is 10.6. The van der Waals surface area contributed by atoms with Crippen LogP contribution in [0.2, 0.25) is 0 Å². The Morgan fingerprint density at radius 1 is 1.12 bits per heavy atom. The van der Waals surface area contributed by atoms with Crippen molar-refractivity contribution >= 4 is 17.1 Å². The van der Waals surface area contributed by atoms with E-state index in [-0.39, 0.29) is 23.1 Å². The van der Waals surface area contributed by atoms with Gasteiger partial charge in [0.25, 0.3) is 5.69 Å². The lowest BCUT2D eigenvalue weighted by Crippen LogP contribution is -2.49. The predicted octanol–water partition coefficient (Wildman–Crippen LogP) is 2.71. The Morgan fingerprint density at radius 3 is 2.04 bits per heavy atom. The largest absolute Gasteiger partial charge is 0.371 e. The van der Waals surface area contributed by atoms with Crippen molar-refractivity contribution in [3.05, 3.63) is 37.4 Å². The first-order valence-corrected chi connectivity index (χ1v) is 8.73. The molecule has 26 heavy (non-hydrogen) atoms. The maximum Gasteiger partial charge on any atom is 0.302 e. The van der Waals surface area contributed by atoms with Crippen LogP contribution in [0.3, 0.4) is 0 Å². The van der Waals surface area contributed by atoms with E-state index in [2.05, 4.69) is 21.7 Å². The normalized spacial score (nSPS) is 13.7. The lowest BCUT2D eigenvalue weighted by molar-refractivity contribution is -0.392. The summed E-state index contributed by atoms with van der Waals surface area (Å²) in [7, 11) is 0. The fourth-order valence-corrected chi connectivity index (χ4v) is 2.55. The molecule has 1 saturated heterocycles. The highest BCUT2D eigenvalue weighted by Crippen LogP contribution is 2.39. The van der Waals surface area contributed by atoms with Crippen LogP contribution in [0.5, 0.6) is 0 Å². The first kappa shape index (κ1) is 21.7. The van der Waals surface area contributed by atoms with Crippen LogP contribution in [-0.4, -0.2) is 29.0 Å². The topological polar surface area (TPSA) is 134 Å². The van der Waals surface area contributed by atoms with E-state index in [1.807, 2.05) is 13.8 Å². The number of aryl methyl sites for hydroxylation is 1. The molecule has 1 aromatic carbocycles. The summed E-state index contributed by atoms with van der Waals surface area (Å²) in [5.74, 6) is 0. The molecular weight excluding hydrogens is 340 g/mol. The Labute approximate surface area is 153 Å². The zero-order valence-electron chi connectivity index (χ0n) is 15.7. The minimum absolute atomic E-state index is 0.0109. The van der Waals surface area contributed by atoms with Crippen molar-refractivity contribution in [2.24, 2.45) is 0 Å². The molecule has 146 valence electrons. The molecule has 0 amide bonds. The summed E-state index contributed by atoms with van der Waals surface area (Å²) in [5.41, 5.74) is 9.19.